The van der Waals surface area contributed by atoms with Crippen LogP contribution in [0.15, 0.2) is 18.2 Å². The number of aromatic nitrogens is 1. The molecule has 0 unspecified atom stereocenters. The van der Waals surface area contributed by atoms with Crippen molar-refractivity contribution in [3.05, 3.63) is 33.9 Å². The van der Waals surface area contributed by atoms with E-state index in [1.54, 1.807) is 13.2 Å². The second-order valence-corrected chi connectivity index (χ2v) is 4.63. The van der Waals surface area contributed by atoms with Gasteiger partial charge >= 0.3 is 0 Å². The first-order valence-corrected chi connectivity index (χ1v) is 6.34. The molecule has 0 radical (unpaired) electrons. The quantitative estimate of drug-likeness (QED) is 0.620. The Morgan fingerprint density at radius 2 is 2.06 bits per heavy atom. The number of benzene rings is 1. The smallest absolute Gasteiger partial charge is 0.134 e. The summed E-state index contributed by atoms with van der Waals surface area (Å²) in [5.74, 6) is 1.19. The number of rotatable bonds is 3. The predicted molar refractivity (Wildman–Crippen MR) is 72.7 cm³/mol. The van der Waals surface area contributed by atoms with Crippen LogP contribution >= 0.6 is 34.8 Å². The molecule has 0 N–H and O–H groups in total. The molecule has 2 rings (SSSR count). The molecule has 17 heavy (non-hydrogen) atoms. The third kappa shape index (κ3) is 2.44. The number of fused-ring (bicyclic) bond motifs is 1. The topological polar surface area (TPSA) is 22.1 Å². The minimum Gasteiger partial charge on any atom is -0.497 e. The van der Waals surface area contributed by atoms with Crippen LogP contribution in [0.1, 0.15) is 5.56 Å². The van der Waals surface area contributed by atoms with Gasteiger partial charge in [0.1, 0.15) is 10.9 Å². The summed E-state index contributed by atoms with van der Waals surface area (Å²) in [6.45, 7) is 0. The zero-order chi connectivity index (χ0) is 12.4. The van der Waals surface area contributed by atoms with Crippen LogP contribution in [-0.2, 0) is 6.42 Å². The molecule has 1 aromatic heterocycles. The van der Waals surface area contributed by atoms with Gasteiger partial charge in [0.25, 0.3) is 0 Å². The Labute approximate surface area is 114 Å². The molecule has 5 heteroatoms. The number of ether oxygens (including phenoxy) is 1. The van der Waals surface area contributed by atoms with Crippen molar-refractivity contribution in [1.29, 1.82) is 0 Å². The summed E-state index contributed by atoms with van der Waals surface area (Å²) in [6.07, 6.45) is 0.605. The molecule has 90 valence electrons. The monoisotopic (exact) mass is 289 g/mol. The van der Waals surface area contributed by atoms with E-state index in [9.17, 15) is 0 Å². The summed E-state index contributed by atoms with van der Waals surface area (Å²) < 4.78 is 5.13. The van der Waals surface area contributed by atoms with E-state index in [0.717, 1.165) is 22.2 Å². The zero-order valence-electron chi connectivity index (χ0n) is 9.14. The summed E-state index contributed by atoms with van der Waals surface area (Å²) in [5.41, 5.74) is 1.51. The Bertz CT molecular complexity index is 557. The molecule has 0 amide bonds. The standard InChI is InChI=1S/C12H10Cl3NO/c1-17-7-2-3-8-10(6-7)16-12(15)9(4-5-13)11(8)14/h2-3,6H,4-5H2,1H3. The number of alkyl halides is 1. The lowest BCUT2D eigenvalue weighted by Gasteiger charge is -2.09. The lowest BCUT2D eigenvalue weighted by atomic mass is 10.1. The van der Waals surface area contributed by atoms with Crippen molar-refractivity contribution in [3.8, 4) is 5.75 Å². The maximum Gasteiger partial charge on any atom is 0.134 e. The lowest BCUT2D eigenvalue weighted by Crippen LogP contribution is -1.94. The van der Waals surface area contributed by atoms with Gasteiger partial charge in [-0.2, -0.15) is 0 Å². The fourth-order valence-corrected chi connectivity index (χ4v) is 2.51. The van der Waals surface area contributed by atoms with Crippen LogP contribution in [0.4, 0.5) is 0 Å². The molecular formula is C12H10Cl3NO. The Kier molecular flexibility index (Phi) is 3.97. The SMILES string of the molecule is COc1ccc2c(Cl)c(CCCl)c(Cl)nc2c1. The summed E-state index contributed by atoms with van der Waals surface area (Å²) in [4.78, 5) is 4.31. The van der Waals surface area contributed by atoms with E-state index in [1.807, 2.05) is 12.1 Å². The Hall–Kier alpha value is -0.700. The van der Waals surface area contributed by atoms with Gasteiger partial charge in [0.05, 0.1) is 17.6 Å². The molecular weight excluding hydrogens is 280 g/mol. The van der Waals surface area contributed by atoms with Crippen molar-refractivity contribution in [1.82, 2.24) is 4.98 Å². The van der Waals surface area contributed by atoms with Crippen molar-refractivity contribution in [2.24, 2.45) is 0 Å². The fourth-order valence-electron chi connectivity index (χ4n) is 1.65. The molecule has 0 aliphatic heterocycles. The van der Waals surface area contributed by atoms with E-state index in [1.165, 1.54) is 0 Å². The highest BCUT2D eigenvalue weighted by Gasteiger charge is 2.12. The molecule has 2 nitrogen and oxygen atoms in total. The maximum atomic E-state index is 6.30. The van der Waals surface area contributed by atoms with Crippen LogP contribution in [0, 0.1) is 0 Å². The molecule has 0 bridgehead atoms. The van der Waals surface area contributed by atoms with Gasteiger partial charge in [-0.15, -0.1) is 11.6 Å². The van der Waals surface area contributed by atoms with Gasteiger partial charge in [-0.25, -0.2) is 4.98 Å². The number of pyridine rings is 1. The summed E-state index contributed by atoms with van der Waals surface area (Å²) in [7, 11) is 1.60. The van der Waals surface area contributed by atoms with Crippen LogP contribution in [-0.4, -0.2) is 18.0 Å². The van der Waals surface area contributed by atoms with Gasteiger partial charge in [0.15, 0.2) is 0 Å². The molecule has 2 aromatic rings. The van der Waals surface area contributed by atoms with E-state index in [-0.39, 0.29) is 0 Å². The zero-order valence-corrected chi connectivity index (χ0v) is 11.4. The van der Waals surface area contributed by atoms with Gasteiger partial charge in [-0.3, -0.25) is 0 Å². The van der Waals surface area contributed by atoms with Gasteiger partial charge in [0, 0.05) is 22.9 Å². The summed E-state index contributed by atoms with van der Waals surface area (Å²) in [5, 5.41) is 1.87. The maximum absolute atomic E-state index is 6.30. The summed E-state index contributed by atoms with van der Waals surface area (Å²) in [6, 6.07) is 5.52. The highest BCUT2D eigenvalue weighted by molar-refractivity contribution is 6.39. The van der Waals surface area contributed by atoms with Crippen molar-refractivity contribution < 1.29 is 4.74 Å². The van der Waals surface area contributed by atoms with Crippen LogP contribution in [0.3, 0.4) is 0 Å². The van der Waals surface area contributed by atoms with Crippen molar-refractivity contribution in [3.63, 3.8) is 0 Å². The Balaban J connectivity index is 2.67. The van der Waals surface area contributed by atoms with E-state index < -0.39 is 0 Å². The third-order valence-corrected chi connectivity index (χ3v) is 3.45. The average Bonchev–Trinajstić information content (AvgIpc) is 2.33. The third-order valence-electron chi connectivity index (χ3n) is 2.52. The van der Waals surface area contributed by atoms with E-state index in [4.69, 9.17) is 39.5 Å². The van der Waals surface area contributed by atoms with Crippen molar-refractivity contribution in [2.45, 2.75) is 6.42 Å². The van der Waals surface area contributed by atoms with Gasteiger partial charge in [0.2, 0.25) is 0 Å². The number of methoxy groups -OCH3 is 1. The van der Waals surface area contributed by atoms with E-state index >= 15 is 0 Å². The molecule has 0 atom stereocenters. The second-order valence-electron chi connectivity index (χ2n) is 3.52. The Morgan fingerprint density at radius 3 is 2.71 bits per heavy atom. The highest BCUT2D eigenvalue weighted by atomic mass is 35.5. The lowest BCUT2D eigenvalue weighted by molar-refractivity contribution is 0.415. The number of hydrogen-bond acceptors (Lipinski definition) is 2. The van der Waals surface area contributed by atoms with Gasteiger partial charge < -0.3 is 4.74 Å². The Morgan fingerprint density at radius 1 is 1.29 bits per heavy atom. The minimum absolute atomic E-state index is 0.399. The van der Waals surface area contributed by atoms with Crippen molar-refractivity contribution in [2.75, 3.05) is 13.0 Å². The van der Waals surface area contributed by atoms with Crippen LogP contribution in [0.25, 0.3) is 10.9 Å². The first kappa shape index (κ1) is 12.7. The molecule has 0 saturated carbocycles. The molecule has 0 saturated heterocycles. The fraction of sp³-hybridized carbons (Fsp3) is 0.250. The highest BCUT2D eigenvalue weighted by Crippen LogP contribution is 2.32. The molecule has 0 fully saturated rings. The number of nitrogens with zero attached hydrogens (tertiary/aromatic N) is 1. The van der Waals surface area contributed by atoms with Crippen molar-refractivity contribution >= 4 is 45.7 Å². The van der Waals surface area contributed by atoms with Crippen LogP contribution < -0.4 is 4.74 Å². The van der Waals surface area contributed by atoms with Gasteiger partial charge in [-0.05, 0) is 18.6 Å². The normalized spacial score (nSPS) is 10.8. The van der Waals surface area contributed by atoms with Crippen LogP contribution in [0.5, 0.6) is 5.75 Å². The van der Waals surface area contributed by atoms with Gasteiger partial charge in [-0.1, -0.05) is 23.2 Å². The predicted octanol–water partition coefficient (Wildman–Crippen LogP) is 4.33. The molecule has 0 aliphatic rings. The largest absolute Gasteiger partial charge is 0.497 e. The molecule has 0 aliphatic carbocycles. The van der Waals surface area contributed by atoms with E-state index in [0.29, 0.717) is 22.5 Å². The molecule has 1 heterocycles. The first-order valence-electron chi connectivity index (χ1n) is 5.05. The average molecular weight is 291 g/mol. The first-order chi connectivity index (χ1) is 8.17. The van der Waals surface area contributed by atoms with E-state index in [2.05, 4.69) is 4.98 Å². The van der Waals surface area contributed by atoms with Crippen LogP contribution in [0.2, 0.25) is 10.2 Å². The number of hydrogen-bond donors (Lipinski definition) is 0. The minimum atomic E-state index is 0.399. The summed E-state index contributed by atoms with van der Waals surface area (Å²) >= 11 is 18.1. The molecule has 0 spiro atoms. The molecule has 1 aromatic carbocycles. The second kappa shape index (κ2) is 5.30. The number of halogens is 3.